The molecule has 0 atom stereocenters. The molecule has 0 saturated heterocycles. The van der Waals surface area contributed by atoms with Crippen molar-refractivity contribution in [1.82, 2.24) is 10.3 Å². The molecule has 0 aliphatic rings. The maximum absolute atomic E-state index is 11.3. The number of ether oxygens (including phenoxy) is 1. The van der Waals surface area contributed by atoms with Crippen LogP contribution in [-0.4, -0.2) is 35.8 Å². The average molecular weight is 260 g/mol. The lowest BCUT2D eigenvalue weighted by Crippen LogP contribution is -2.27. The van der Waals surface area contributed by atoms with E-state index in [4.69, 9.17) is 9.84 Å². The number of aliphatic hydroxyl groups excluding tert-OH is 1. The number of carbonyl (C=O) groups excluding carboxylic acids is 1. The Hall–Kier alpha value is -2.14. The van der Waals surface area contributed by atoms with Gasteiger partial charge >= 0.3 is 0 Å². The van der Waals surface area contributed by atoms with Gasteiger partial charge in [0.1, 0.15) is 11.3 Å². The van der Waals surface area contributed by atoms with E-state index in [1.165, 1.54) is 0 Å². The molecule has 2 rings (SSSR count). The Morgan fingerprint density at radius 1 is 1.32 bits per heavy atom. The summed E-state index contributed by atoms with van der Waals surface area (Å²) in [5.41, 5.74) is 0.792. The number of amides is 1. The SMILES string of the molecule is O=C(CCOc1cccc2cccnc12)NCCO. The predicted molar refractivity (Wildman–Crippen MR) is 72.0 cm³/mol. The molecule has 0 fully saturated rings. The molecule has 0 bridgehead atoms. The standard InChI is InChI=1S/C14H16N2O3/c17-9-8-15-13(18)6-10-19-12-5-1-3-11-4-2-7-16-14(11)12/h1-5,7,17H,6,8-10H2,(H,15,18). The van der Waals surface area contributed by atoms with Crippen molar-refractivity contribution in [2.75, 3.05) is 19.8 Å². The van der Waals surface area contributed by atoms with Crippen LogP contribution >= 0.6 is 0 Å². The van der Waals surface area contributed by atoms with Crippen molar-refractivity contribution in [2.45, 2.75) is 6.42 Å². The smallest absolute Gasteiger partial charge is 0.223 e. The van der Waals surface area contributed by atoms with Gasteiger partial charge in [-0.2, -0.15) is 0 Å². The third-order valence-corrected chi connectivity index (χ3v) is 2.62. The number of benzene rings is 1. The third-order valence-electron chi connectivity index (χ3n) is 2.62. The quantitative estimate of drug-likeness (QED) is 0.816. The second-order valence-corrected chi connectivity index (χ2v) is 4.00. The number of nitrogens with one attached hydrogen (secondary N) is 1. The minimum absolute atomic E-state index is 0.0557. The molecule has 5 nitrogen and oxygen atoms in total. The lowest BCUT2D eigenvalue weighted by molar-refractivity contribution is -0.121. The summed E-state index contributed by atoms with van der Waals surface area (Å²) in [5, 5.41) is 12.2. The number of nitrogens with zero attached hydrogens (tertiary/aromatic N) is 1. The first-order valence-electron chi connectivity index (χ1n) is 6.15. The highest BCUT2D eigenvalue weighted by atomic mass is 16.5. The normalized spacial score (nSPS) is 10.4. The van der Waals surface area contributed by atoms with E-state index in [1.807, 2.05) is 30.3 Å². The van der Waals surface area contributed by atoms with E-state index in [1.54, 1.807) is 6.20 Å². The minimum Gasteiger partial charge on any atom is -0.491 e. The Bertz CT molecular complexity index is 552. The van der Waals surface area contributed by atoms with Gasteiger partial charge in [0.2, 0.25) is 5.91 Å². The van der Waals surface area contributed by atoms with Gasteiger partial charge in [0.15, 0.2) is 0 Å². The molecular weight excluding hydrogens is 244 g/mol. The fourth-order valence-electron chi connectivity index (χ4n) is 1.73. The van der Waals surface area contributed by atoms with E-state index in [2.05, 4.69) is 10.3 Å². The van der Waals surface area contributed by atoms with E-state index < -0.39 is 0 Å². The number of rotatable bonds is 6. The van der Waals surface area contributed by atoms with Crippen molar-refractivity contribution in [3.05, 3.63) is 36.5 Å². The molecule has 1 amide bonds. The van der Waals surface area contributed by atoms with Gasteiger partial charge in [0.05, 0.1) is 19.6 Å². The summed E-state index contributed by atoms with van der Waals surface area (Å²) in [6, 6.07) is 9.52. The van der Waals surface area contributed by atoms with Crippen molar-refractivity contribution in [3.63, 3.8) is 0 Å². The number of fused-ring (bicyclic) bond motifs is 1. The molecule has 1 aromatic heterocycles. The first-order valence-corrected chi connectivity index (χ1v) is 6.15. The van der Waals surface area contributed by atoms with Gasteiger partial charge in [-0.3, -0.25) is 9.78 Å². The zero-order chi connectivity index (χ0) is 13.5. The van der Waals surface area contributed by atoms with E-state index in [0.717, 1.165) is 10.9 Å². The van der Waals surface area contributed by atoms with Crippen molar-refractivity contribution in [3.8, 4) is 5.75 Å². The summed E-state index contributed by atoms with van der Waals surface area (Å²) in [5.74, 6) is 0.537. The monoisotopic (exact) mass is 260 g/mol. The van der Waals surface area contributed by atoms with Gasteiger partial charge in [-0.15, -0.1) is 0 Å². The van der Waals surface area contributed by atoms with Gasteiger partial charge in [0.25, 0.3) is 0 Å². The Kier molecular flexibility index (Phi) is 4.69. The van der Waals surface area contributed by atoms with Gasteiger partial charge in [-0.25, -0.2) is 0 Å². The predicted octanol–water partition coefficient (Wildman–Crippen LogP) is 1.11. The van der Waals surface area contributed by atoms with Crippen LogP contribution in [0.4, 0.5) is 0 Å². The number of aromatic nitrogens is 1. The van der Waals surface area contributed by atoms with E-state index in [9.17, 15) is 4.79 Å². The van der Waals surface area contributed by atoms with E-state index in [0.29, 0.717) is 5.75 Å². The van der Waals surface area contributed by atoms with Crippen LogP contribution in [0.25, 0.3) is 10.9 Å². The highest BCUT2D eigenvalue weighted by Gasteiger charge is 2.04. The van der Waals surface area contributed by atoms with E-state index in [-0.39, 0.29) is 32.1 Å². The molecule has 5 heteroatoms. The lowest BCUT2D eigenvalue weighted by Gasteiger charge is -2.08. The Labute approximate surface area is 111 Å². The first kappa shape index (κ1) is 13.3. The molecule has 2 aromatic rings. The highest BCUT2D eigenvalue weighted by Crippen LogP contribution is 2.22. The van der Waals surface area contributed by atoms with Crippen LogP contribution < -0.4 is 10.1 Å². The Morgan fingerprint density at radius 3 is 3.00 bits per heavy atom. The van der Waals surface area contributed by atoms with Crippen LogP contribution in [0.1, 0.15) is 6.42 Å². The highest BCUT2D eigenvalue weighted by molar-refractivity contribution is 5.84. The van der Waals surface area contributed by atoms with E-state index >= 15 is 0 Å². The maximum Gasteiger partial charge on any atom is 0.223 e. The molecule has 0 saturated carbocycles. The van der Waals surface area contributed by atoms with Crippen LogP contribution in [0, 0.1) is 0 Å². The van der Waals surface area contributed by atoms with Gasteiger partial charge in [-0.05, 0) is 12.1 Å². The summed E-state index contributed by atoms with van der Waals surface area (Å²) in [6.07, 6.45) is 1.96. The molecule has 2 N–H and O–H groups in total. The molecule has 0 aliphatic carbocycles. The van der Waals surface area contributed by atoms with Crippen LogP contribution in [0.15, 0.2) is 36.5 Å². The fourth-order valence-corrected chi connectivity index (χ4v) is 1.73. The zero-order valence-electron chi connectivity index (χ0n) is 10.5. The van der Waals surface area contributed by atoms with Crippen LogP contribution in [-0.2, 0) is 4.79 Å². The number of pyridine rings is 1. The number of para-hydroxylation sites is 1. The largest absolute Gasteiger partial charge is 0.491 e. The summed E-state index contributed by atoms with van der Waals surface area (Å²) >= 11 is 0. The van der Waals surface area contributed by atoms with Crippen LogP contribution in [0.5, 0.6) is 5.75 Å². The number of carbonyl (C=O) groups is 1. The summed E-state index contributed by atoms with van der Waals surface area (Å²) in [6.45, 7) is 0.501. The molecule has 0 unspecified atom stereocenters. The first-order chi connectivity index (χ1) is 9.31. The van der Waals surface area contributed by atoms with Gasteiger partial charge in [-0.1, -0.05) is 18.2 Å². The van der Waals surface area contributed by atoms with Crippen molar-refractivity contribution in [2.24, 2.45) is 0 Å². The molecule has 100 valence electrons. The fraction of sp³-hybridized carbons (Fsp3) is 0.286. The summed E-state index contributed by atoms with van der Waals surface area (Å²) in [7, 11) is 0. The lowest BCUT2D eigenvalue weighted by atomic mass is 10.2. The minimum atomic E-state index is -0.137. The maximum atomic E-state index is 11.3. The van der Waals surface area contributed by atoms with Crippen molar-refractivity contribution in [1.29, 1.82) is 0 Å². The molecule has 0 aliphatic heterocycles. The van der Waals surface area contributed by atoms with Crippen LogP contribution in [0.2, 0.25) is 0 Å². The van der Waals surface area contributed by atoms with Gasteiger partial charge in [0, 0.05) is 18.1 Å². The second-order valence-electron chi connectivity index (χ2n) is 4.00. The molecule has 0 spiro atoms. The topological polar surface area (TPSA) is 71.5 Å². The third kappa shape index (κ3) is 3.66. The molecule has 19 heavy (non-hydrogen) atoms. The van der Waals surface area contributed by atoms with Gasteiger partial charge < -0.3 is 15.2 Å². The molecule has 1 aromatic carbocycles. The van der Waals surface area contributed by atoms with Crippen molar-refractivity contribution >= 4 is 16.8 Å². The summed E-state index contributed by atoms with van der Waals surface area (Å²) < 4.78 is 5.58. The Morgan fingerprint density at radius 2 is 2.16 bits per heavy atom. The second kappa shape index (κ2) is 6.70. The zero-order valence-corrected chi connectivity index (χ0v) is 10.5. The number of aliphatic hydroxyl groups is 1. The number of hydrogen-bond acceptors (Lipinski definition) is 4. The van der Waals surface area contributed by atoms with Crippen molar-refractivity contribution < 1.29 is 14.6 Å². The molecule has 0 radical (unpaired) electrons. The summed E-state index contributed by atoms with van der Waals surface area (Å²) in [4.78, 5) is 15.6. The molecule has 1 heterocycles. The van der Waals surface area contributed by atoms with Crippen LogP contribution in [0.3, 0.4) is 0 Å². The molecular formula is C14H16N2O3. The number of hydrogen-bond donors (Lipinski definition) is 2. The average Bonchev–Trinajstić information content (AvgIpc) is 2.45. The Balaban J connectivity index is 1.93.